The van der Waals surface area contributed by atoms with Gasteiger partial charge in [0.05, 0.1) is 12.7 Å². The van der Waals surface area contributed by atoms with E-state index in [4.69, 9.17) is 16.1 Å². The van der Waals surface area contributed by atoms with E-state index in [1.807, 2.05) is 24.3 Å². The molecule has 5 nitrogen and oxygen atoms in total. The molecule has 2 aromatic heterocycles. The molecule has 0 saturated heterocycles. The molecule has 0 radical (unpaired) electrons. The van der Waals surface area contributed by atoms with Crippen molar-refractivity contribution in [3.63, 3.8) is 0 Å². The van der Waals surface area contributed by atoms with Gasteiger partial charge in [-0.3, -0.25) is 4.79 Å². The molecule has 20 heavy (non-hydrogen) atoms. The zero-order chi connectivity index (χ0) is 13.9. The van der Waals surface area contributed by atoms with Gasteiger partial charge in [-0.1, -0.05) is 41.0 Å². The van der Waals surface area contributed by atoms with Crippen LogP contribution in [0, 0.1) is 0 Å². The quantitative estimate of drug-likeness (QED) is 0.752. The van der Waals surface area contributed by atoms with Gasteiger partial charge in [0.25, 0.3) is 5.91 Å². The number of benzene rings is 1. The van der Waals surface area contributed by atoms with E-state index in [-0.39, 0.29) is 18.1 Å². The minimum atomic E-state index is -0.311. The first-order valence-electron chi connectivity index (χ1n) is 5.97. The summed E-state index contributed by atoms with van der Waals surface area (Å²) in [6.07, 6.45) is 1.52. The van der Waals surface area contributed by atoms with E-state index < -0.39 is 0 Å². The second-order valence-corrected chi connectivity index (χ2v) is 4.54. The number of carbonyl (C=O) groups is 1. The summed E-state index contributed by atoms with van der Waals surface area (Å²) in [6, 6.07) is 10.9. The second kappa shape index (κ2) is 5.30. The molecule has 0 spiro atoms. The summed E-state index contributed by atoms with van der Waals surface area (Å²) in [5.74, 6) is 0.263. The van der Waals surface area contributed by atoms with Gasteiger partial charge in [0.15, 0.2) is 5.76 Å². The fourth-order valence-electron chi connectivity index (χ4n) is 1.86. The SMILES string of the molecule is O=C(NCc1ccno1)c1cc2ccccc2c(Cl)n1. The number of fused-ring (bicyclic) bond motifs is 1. The van der Waals surface area contributed by atoms with E-state index >= 15 is 0 Å². The van der Waals surface area contributed by atoms with Gasteiger partial charge in [-0.05, 0) is 11.5 Å². The molecule has 1 N–H and O–H groups in total. The van der Waals surface area contributed by atoms with Crippen LogP contribution in [0.15, 0.2) is 47.1 Å². The molecule has 0 aliphatic heterocycles. The number of carbonyl (C=O) groups excluding carboxylic acids is 1. The normalized spacial score (nSPS) is 10.7. The Morgan fingerprint density at radius 2 is 2.15 bits per heavy atom. The predicted molar refractivity (Wildman–Crippen MR) is 74.4 cm³/mol. The van der Waals surface area contributed by atoms with E-state index in [1.54, 1.807) is 12.1 Å². The molecule has 1 amide bonds. The smallest absolute Gasteiger partial charge is 0.270 e. The molecule has 0 fully saturated rings. The average Bonchev–Trinajstić information content (AvgIpc) is 2.98. The minimum absolute atomic E-state index is 0.255. The molecule has 1 aromatic carbocycles. The van der Waals surface area contributed by atoms with Crippen molar-refractivity contribution in [3.8, 4) is 0 Å². The number of nitrogens with one attached hydrogen (secondary N) is 1. The lowest BCUT2D eigenvalue weighted by Crippen LogP contribution is -2.23. The lowest BCUT2D eigenvalue weighted by Gasteiger charge is -2.05. The Balaban J connectivity index is 1.84. The third-order valence-electron chi connectivity index (χ3n) is 2.84. The first kappa shape index (κ1) is 12.6. The van der Waals surface area contributed by atoms with Gasteiger partial charge in [-0.15, -0.1) is 0 Å². The monoisotopic (exact) mass is 287 g/mol. The van der Waals surface area contributed by atoms with Gasteiger partial charge >= 0.3 is 0 Å². The molecule has 6 heteroatoms. The largest absolute Gasteiger partial charge is 0.360 e. The average molecular weight is 288 g/mol. The zero-order valence-corrected chi connectivity index (χ0v) is 11.1. The van der Waals surface area contributed by atoms with Crippen molar-refractivity contribution in [2.75, 3.05) is 0 Å². The van der Waals surface area contributed by atoms with Crippen molar-refractivity contribution in [2.24, 2.45) is 0 Å². The standard InChI is InChI=1S/C14H10ClN3O2/c15-13-11-4-2-1-3-9(11)7-12(18-13)14(19)16-8-10-5-6-17-20-10/h1-7H,8H2,(H,16,19). The zero-order valence-electron chi connectivity index (χ0n) is 10.3. The van der Waals surface area contributed by atoms with Crippen LogP contribution < -0.4 is 5.32 Å². The van der Waals surface area contributed by atoms with E-state index in [2.05, 4.69) is 15.5 Å². The van der Waals surface area contributed by atoms with Crippen LogP contribution in [-0.4, -0.2) is 16.0 Å². The van der Waals surface area contributed by atoms with Crippen LogP contribution in [0.2, 0.25) is 5.15 Å². The number of hydrogen-bond donors (Lipinski definition) is 1. The third-order valence-corrected chi connectivity index (χ3v) is 3.13. The van der Waals surface area contributed by atoms with Crippen LogP contribution in [0.3, 0.4) is 0 Å². The summed E-state index contributed by atoms with van der Waals surface area (Å²) in [7, 11) is 0. The molecule has 0 unspecified atom stereocenters. The van der Waals surface area contributed by atoms with E-state index in [9.17, 15) is 4.79 Å². The lowest BCUT2D eigenvalue weighted by molar-refractivity contribution is 0.0942. The summed E-state index contributed by atoms with van der Waals surface area (Å²) in [6.45, 7) is 0.255. The summed E-state index contributed by atoms with van der Waals surface area (Å²) in [5, 5.41) is 8.27. The molecule has 100 valence electrons. The summed E-state index contributed by atoms with van der Waals surface area (Å²) in [5.41, 5.74) is 0.271. The molecular formula is C14H10ClN3O2. The molecule has 0 atom stereocenters. The maximum atomic E-state index is 12.0. The maximum Gasteiger partial charge on any atom is 0.270 e. The number of nitrogens with zero attached hydrogens (tertiary/aromatic N) is 2. The highest BCUT2D eigenvalue weighted by atomic mass is 35.5. The van der Waals surface area contributed by atoms with Crippen LogP contribution in [0.25, 0.3) is 10.8 Å². The van der Waals surface area contributed by atoms with Gasteiger partial charge in [-0.25, -0.2) is 4.98 Å². The molecule has 0 saturated carbocycles. The Bertz CT molecular complexity index is 756. The number of aromatic nitrogens is 2. The number of amides is 1. The Labute approximate surface area is 119 Å². The predicted octanol–water partition coefficient (Wildman–Crippen LogP) is 2.81. The van der Waals surface area contributed by atoms with Crippen molar-refractivity contribution in [1.82, 2.24) is 15.5 Å². The van der Waals surface area contributed by atoms with Crippen LogP contribution in [-0.2, 0) is 6.54 Å². The van der Waals surface area contributed by atoms with Gasteiger partial charge in [0.2, 0.25) is 0 Å². The Kier molecular flexibility index (Phi) is 3.35. The number of halogens is 1. The minimum Gasteiger partial charge on any atom is -0.360 e. The van der Waals surface area contributed by atoms with Gasteiger partial charge in [0.1, 0.15) is 10.8 Å². The lowest BCUT2D eigenvalue weighted by atomic mass is 10.1. The Morgan fingerprint density at radius 1 is 1.30 bits per heavy atom. The van der Waals surface area contributed by atoms with Crippen molar-refractivity contribution in [3.05, 3.63) is 59.2 Å². The first-order valence-corrected chi connectivity index (χ1v) is 6.35. The van der Waals surface area contributed by atoms with Gasteiger partial charge in [0, 0.05) is 11.5 Å². The molecule has 0 bridgehead atoms. The van der Waals surface area contributed by atoms with Crippen molar-refractivity contribution in [1.29, 1.82) is 0 Å². The number of rotatable bonds is 3. The van der Waals surface area contributed by atoms with Crippen LogP contribution >= 0.6 is 11.6 Å². The van der Waals surface area contributed by atoms with E-state index in [0.717, 1.165) is 10.8 Å². The number of pyridine rings is 1. The fraction of sp³-hybridized carbons (Fsp3) is 0.0714. The Hall–Kier alpha value is -2.40. The molecule has 0 aliphatic rings. The highest BCUT2D eigenvalue weighted by Crippen LogP contribution is 2.22. The molecule has 3 rings (SSSR count). The Morgan fingerprint density at radius 3 is 2.95 bits per heavy atom. The van der Waals surface area contributed by atoms with Crippen LogP contribution in [0.4, 0.5) is 0 Å². The summed E-state index contributed by atoms with van der Waals surface area (Å²) < 4.78 is 4.90. The highest BCUT2D eigenvalue weighted by Gasteiger charge is 2.11. The van der Waals surface area contributed by atoms with Gasteiger partial charge < -0.3 is 9.84 Å². The maximum absolute atomic E-state index is 12.0. The molecular weight excluding hydrogens is 278 g/mol. The van der Waals surface area contributed by atoms with Crippen LogP contribution in [0.5, 0.6) is 0 Å². The van der Waals surface area contributed by atoms with E-state index in [1.165, 1.54) is 6.20 Å². The summed E-state index contributed by atoms with van der Waals surface area (Å²) >= 11 is 6.09. The van der Waals surface area contributed by atoms with Crippen molar-refractivity contribution < 1.29 is 9.32 Å². The number of hydrogen-bond acceptors (Lipinski definition) is 4. The fourth-order valence-corrected chi connectivity index (χ4v) is 2.13. The first-order chi connectivity index (χ1) is 9.74. The summed E-state index contributed by atoms with van der Waals surface area (Å²) in [4.78, 5) is 16.1. The second-order valence-electron chi connectivity index (χ2n) is 4.18. The third kappa shape index (κ3) is 2.48. The molecule has 0 aliphatic carbocycles. The van der Waals surface area contributed by atoms with Crippen molar-refractivity contribution in [2.45, 2.75) is 6.54 Å². The molecule has 2 heterocycles. The van der Waals surface area contributed by atoms with Crippen LogP contribution in [0.1, 0.15) is 16.2 Å². The highest BCUT2D eigenvalue weighted by molar-refractivity contribution is 6.34. The van der Waals surface area contributed by atoms with Gasteiger partial charge in [-0.2, -0.15) is 0 Å². The van der Waals surface area contributed by atoms with Crippen molar-refractivity contribution >= 4 is 28.3 Å². The topological polar surface area (TPSA) is 68.0 Å². The van der Waals surface area contributed by atoms with E-state index in [0.29, 0.717) is 10.9 Å². The molecule has 3 aromatic rings.